The van der Waals surface area contributed by atoms with E-state index in [1.807, 2.05) is 6.21 Å². The van der Waals surface area contributed by atoms with Gasteiger partial charge >= 0.3 is 0 Å². The van der Waals surface area contributed by atoms with Crippen LogP contribution in [0.5, 0.6) is 0 Å². The zero-order chi connectivity index (χ0) is 13.9. The predicted molar refractivity (Wildman–Crippen MR) is 86.8 cm³/mol. The molecule has 2 nitrogen and oxygen atoms in total. The number of allylic oxidation sites excluding steroid dienone is 1. The van der Waals surface area contributed by atoms with Gasteiger partial charge in [0, 0.05) is 23.2 Å². The normalized spacial score (nSPS) is 31.1. The lowest BCUT2D eigenvalue weighted by Crippen LogP contribution is -2.30. The summed E-state index contributed by atoms with van der Waals surface area (Å²) >= 11 is 9.71. The number of hydrogen-bond donors (Lipinski definition) is 0. The Labute approximate surface area is 133 Å². The van der Waals surface area contributed by atoms with Gasteiger partial charge in [-0.25, -0.2) is 0 Å². The van der Waals surface area contributed by atoms with E-state index in [9.17, 15) is 0 Å². The molecule has 0 aromatic heterocycles. The second kappa shape index (κ2) is 6.42. The lowest BCUT2D eigenvalue weighted by atomic mass is 9.77. The summed E-state index contributed by atoms with van der Waals surface area (Å²) in [6, 6.07) is 10.8. The van der Waals surface area contributed by atoms with Crippen molar-refractivity contribution in [2.75, 3.05) is 6.61 Å². The Morgan fingerprint density at radius 1 is 1.30 bits per heavy atom. The number of ether oxygens (including phenoxy) is 1. The van der Waals surface area contributed by atoms with Crippen LogP contribution in [0.25, 0.3) is 0 Å². The molecule has 1 fully saturated rings. The Morgan fingerprint density at radius 2 is 2.10 bits per heavy atom. The van der Waals surface area contributed by atoms with E-state index in [4.69, 9.17) is 16.3 Å². The topological polar surface area (TPSA) is 21.6 Å². The quantitative estimate of drug-likeness (QED) is 0.733. The van der Waals surface area contributed by atoms with Crippen molar-refractivity contribution in [3.05, 3.63) is 46.5 Å². The van der Waals surface area contributed by atoms with Crippen molar-refractivity contribution >= 4 is 33.7 Å². The molecular formula is C16H17BrClNO. The molecule has 0 spiro atoms. The minimum absolute atomic E-state index is 0.169. The molecule has 3 rings (SSSR count). The fourth-order valence-electron chi connectivity index (χ4n) is 3.12. The Bertz CT molecular complexity index is 516. The van der Waals surface area contributed by atoms with Crippen LogP contribution < -0.4 is 0 Å². The van der Waals surface area contributed by atoms with E-state index in [2.05, 4.69) is 57.3 Å². The van der Waals surface area contributed by atoms with Crippen LogP contribution in [-0.4, -0.2) is 24.4 Å². The maximum Gasteiger partial charge on any atom is 0.131 e. The summed E-state index contributed by atoms with van der Waals surface area (Å²) in [7, 11) is 0. The van der Waals surface area contributed by atoms with Crippen LogP contribution in [0.15, 0.2) is 45.9 Å². The van der Waals surface area contributed by atoms with Gasteiger partial charge in [0.1, 0.15) is 5.56 Å². The van der Waals surface area contributed by atoms with Gasteiger partial charge in [-0.3, -0.25) is 4.99 Å². The molecule has 0 saturated carbocycles. The molecule has 2 heterocycles. The molecule has 1 saturated heterocycles. The predicted octanol–water partition coefficient (Wildman–Crippen LogP) is 4.49. The molecule has 0 amide bonds. The summed E-state index contributed by atoms with van der Waals surface area (Å²) in [5.41, 5.74) is 1.17. The summed E-state index contributed by atoms with van der Waals surface area (Å²) in [5.74, 6) is 0.873. The number of hydrogen-bond acceptors (Lipinski definition) is 2. The van der Waals surface area contributed by atoms with Gasteiger partial charge in [0.15, 0.2) is 0 Å². The molecule has 0 radical (unpaired) electrons. The number of rotatable bonds is 3. The third-order valence-electron chi connectivity index (χ3n) is 4.04. The fourth-order valence-corrected chi connectivity index (χ4v) is 3.83. The van der Waals surface area contributed by atoms with Gasteiger partial charge < -0.3 is 4.74 Å². The highest BCUT2D eigenvalue weighted by Crippen LogP contribution is 2.40. The van der Waals surface area contributed by atoms with E-state index in [0.29, 0.717) is 11.8 Å². The highest BCUT2D eigenvalue weighted by atomic mass is 79.9. The molecule has 1 aromatic carbocycles. The first kappa shape index (κ1) is 14.3. The van der Waals surface area contributed by atoms with Gasteiger partial charge in [-0.1, -0.05) is 41.9 Å². The van der Waals surface area contributed by atoms with Crippen molar-refractivity contribution in [1.82, 2.24) is 0 Å². The lowest BCUT2D eigenvalue weighted by Gasteiger charge is -2.34. The third-order valence-corrected chi connectivity index (χ3v) is 4.81. The summed E-state index contributed by atoms with van der Waals surface area (Å²) in [6.45, 7) is 0.740. The minimum atomic E-state index is -0.169. The average molecular weight is 355 g/mol. The van der Waals surface area contributed by atoms with E-state index in [-0.39, 0.29) is 11.6 Å². The Hall–Kier alpha value is -0.640. The fraction of sp³-hybridized carbons (Fsp3) is 0.438. The largest absolute Gasteiger partial charge is 0.362 e. The van der Waals surface area contributed by atoms with Crippen LogP contribution in [0.4, 0.5) is 0 Å². The Kier molecular flexibility index (Phi) is 4.59. The van der Waals surface area contributed by atoms with Crippen LogP contribution in [0.2, 0.25) is 0 Å². The van der Waals surface area contributed by atoms with Crippen molar-refractivity contribution in [3.8, 4) is 0 Å². The smallest absolute Gasteiger partial charge is 0.131 e. The van der Waals surface area contributed by atoms with Crippen molar-refractivity contribution in [2.24, 2.45) is 10.9 Å². The van der Waals surface area contributed by atoms with Crippen molar-refractivity contribution in [3.63, 3.8) is 0 Å². The van der Waals surface area contributed by atoms with Crippen LogP contribution in [-0.2, 0) is 4.74 Å². The number of benzene rings is 1. The molecule has 0 aliphatic carbocycles. The van der Waals surface area contributed by atoms with E-state index >= 15 is 0 Å². The molecule has 4 atom stereocenters. The molecule has 0 N–H and O–H groups in total. The third kappa shape index (κ3) is 3.16. The number of nitrogens with zero attached hydrogens (tertiary/aromatic N) is 1. The van der Waals surface area contributed by atoms with Crippen LogP contribution in [0.3, 0.4) is 0 Å². The van der Waals surface area contributed by atoms with Crippen LogP contribution >= 0.6 is 27.5 Å². The maximum absolute atomic E-state index is 6.19. The zero-order valence-electron chi connectivity index (χ0n) is 11.1. The van der Waals surface area contributed by atoms with Gasteiger partial charge in [-0.05, 0) is 46.3 Å². The van der Waals surface area contributed by atoms with Gasteiger partial charge in [0.05, 0.1) is 6.04 Å². The van der Waals surface area contributed by atoms with Crippen molar-refractivity contribution < 1.29 is 4.74 Å². The summed E-state index contributed by atoms with van der Waals surface area (Å²) in [4.78, 5) is 4.65. The first-order chi connectivity index (χ1) is 9.74. The SMILES string of the molecule is Cl[C@H]1CC(C(c2ccccc2)C2C=C(Br)C=N2)CCO1. The molecule has 20 heavy (non-hydrogen) atoms. The molecule has 2 aliphatic heterocycles. The van der Waals surface area contributed by atoms with Crippen LogP contribution in [0.1, 0.15) is 24.3 Å². The van der Waals surface area contributed by atoms with Crippen molar-refractivity contribution in [1.29, 1.82) is 0 Å². The highest BCUT2D eigenvalue weighted by Gasteiger charge is 2.34. The van der Waals surface area contributed by atoms with Gasteiger partial charge in [0.25, 0.3) is 0 Å². The molecule has 2 aliphatic rings. The summed E-state index contributed by atoms with van der Waals surface area (Å²) in [6.07, 6.45) is 6.02. The molecule has 1 aromatic rings. The second-order valence-corrected chi connectivity index (χ2v) is 6.72. The molecular weight excluding hydrogens is 338 g/mol. The van der Waals surface area contributed by atoms with Gasteiger partial charge in [-0.15, -0.1) is 0 Å². The summed E-state index contributed by atoms with van der Waals surface area (Å²) in [5, 5.41) is 0. The molecule has 0 bridgehead atoms. The molecule has 106 valence electrons. The monoisotopic (exact) mass is 353 g/mol. The number of halogens is 2. The average Bonchev–Trinajstić information content (AvgIpc) is 2.87. The standard InChI is InChI=1S/C16H17BrClNO/c17-13-9-14(19-10-13)16(11-4-2-1-3-5-11)12-6-7-20-15(18)8-12/h1-5,9-10,12,14-16H,6-8H2/t12?,14?,15-,16?/m1/s1. The minimum Gasteiger partial charge on any atom is -0.362 e. The second-order valence-electron chi connectivity index (χ2n) is 5.32. The maximum atomic E-state index is 6.19. The first-order valence-corrected chi connectivity index (χ1v) is 8.18. The number of alkyl halides is 1. The molecule has 4 heteroatoms. The van der Waals surface area contributed by atoms with Crippen molar-refractivity contribution in [2.45, 2.75) is 30.4 Å². The van der Waals surface area contributed by atoms with E-state index < -0.39 is 0 Å². The lowest BCUT2D eigenvalue weighted by molar-refractivity contribution is 0.0307. The van der Waals surface area contributed by atoms with Crippen LogP contribution in [0, 0.1) is 5.92 Å². The number of aliphatic imine (C=N–C) groups is 1. The van der Waals surface area contributed by atoms with E-state index in [1.54, 1.807) is 0 Å². The summed E-state index contributed by atoms with van der Waals surface area (Å²) < 4.78 is 6.55. The first-order valence-electron chi connectivity index (χ1n) is 6.95. The van der Waals surface area contributed by atoms with Gasteiger partial charge in [0.2, 0.25) is 0 Å². The highest BCUT2D eigenvalue weighted by molar-refractivity contribution is 9.12. The van der Waals surface area contributed by atoms with E-state index in [1.165, 1.54) is 5.56 Å². The molecule has 3 unspecified atom stereocenters. The Balaban J connectivity index is 1.89. The Morgan fingerprint density at radius 3 is 2.75 bits per heavy atom. The zero-order valence-corrected chi connectivity index (χ0v) is 13.4. The van der Waals surface area contributed by atoms with E-state index in [0.717, 1.165) is 23.9 Å². The van der Waals surface area contributed by atoms with Gasteiger partial charge in [-0.2, -0.15) is 0 Å².